The fourth-order valence-corrected chi connectivity index (χ4v) is 6.17. The second-order valence-electron chi connectivity index (χ2n) is 7.90. The molecule has 1 unspecified atom stereocenters. The number of sulfone groups is 1. The van der Waals surface area contributed by atoms with E-state index in [1.807, 2.05) is 13.8 Å². The van der Waals surface area contributed by atoms with Crippen LogP contribution in [0.25, 0.3) is 0 Å². The summed E-state index contributed by atoms with van der Waals surface area (Å²) in [6, 6.07) is 4.58. The SMILES string of the molecule is CCC1(CC)CN(C(=O)NC(c2ccc(F)c(C)c2)C2CC2)CCS1(=O)=O. The Morgan fingerprint density at radius 2 is 2.00 bits per heavy atom. The molecule has 1 saturated heterocycles. The Labute approximate surface area is 161 Å². The molecule has 150 valence electrons. The third kappa shape index (κ3) is 3.84. The quantitative estimate of drug-likeness (QED) is 0.827. The minimum atomic E-state index is -3.21. The van der Waals surface area contributed by atoms with Crippen LogP contribution in [-0.4, -0.2) is 42.9 Å². The standard InChI is InChI=1S/C20H29FN2O3S/c1-4-20(5-2)13-23(10-11-27(20,25)26)19(24)22-18(15-6-7-15)16-8-9-17(21)14(3)12-16/h8-9,12,15,18H,4-7,10-11,13H2,1-3H3,(H,22,24). The molecule has 27 heavy (non-hydrogen) atoms. The summed E-state index contributed by atoms with van der Waals surface area (Å²) in [4.78, 5) is 14.6. The third-order valence-corrected chi connectivity index (χ3v) is 9.00. The Morgan fingerprint density at radius 3 is 2.56 bits per heavy atom. The fraction of sp³-hybridized carbons (Fsp3) is 0.650. The lowest BCUT2D eigenvalue weighted by Crippen LogP contribution is -2.59. The highest BCUT2D eigenvalue weighted by molar-refractivity contribution is 7.92. The van der Waals surface area contributed by atoms with Gasteiger partial charge in [-0.2, -0.15) is 0 Å². The predicted molar refractivity (Wildman–Crippen MR) is 104 cm³/mol. The summed E-state index contributed by atoms with van der Waals surface area (Å²) in [5.41, 5.74) is 1.47. The van der Waals surface area contributed by atoms with Crippen LogP contribution in [0.5, 0.6) is 0 Å². The van der Waals surface area contributed by atoms with E-state index in [1.54, 1.807) is 24.0 Å². The van der Waals surface area contributed by atoms with Gasteiger partial charge < -0.3 is 10.2 Å². The lowest BCUT2D eigenvalue weighted by molar-refractivity contribution is 0.182. The van der Waals surface area contributed by atoms with E-state index in [4.69, 9.17) is 0 Å². The Morgan fingerprint density at radius 1 is 1.33 bits per heavy atom. The van der Waals surface area contributed by atoms with E-state index in [2.05, 4.69) is 5.32 Å². The van der Waals surface area contributed by atoms with Gasteiger partial charge in [0.1, 0.15) is 5.82 Å². The molecule has 0 radical (unpaired) electrons. The minimum absolute atomic E-state index is 0.00581. The fourth-order valence-electron chi connectivity index (χ4n) is 4.05. The Hall–Kier alpha value is -1.63. The average molecular weight is 397 g/mol. The van der Waals surface area contributed by atoms with Crippen molar-refractivity contribution in [1.29, 1.82) is 0 Å². The Bertz CT molecular complexity index is 817. The van der Waals surface area contributed by atoms with Crippen LogP contribution in [0, 0.1) is 18.7 Å². The number of carbonyl (C=O) groups excluding carboxylic acids is 1. The highest BCUT2D eigenvalue weighted by atomic mass is 32.2. The molecule has 2 amide bonds. The normalized spacial score (nSPS) is 22.3. The van der Waals surface area contributed by atoms with E-state index < -0.39 is 14.6 Å². The number of rotatable bonds is 5. The van der Waals surface area contributed by atoms with Crippen LogP contribution in [-0.2, 0) is 9.84 Å². The van der Waals surface area contributed by atoms with Gasteiger partial charge in [0.25, 0.3) is 0 Å². The monoisotopic (exact) mass is 396 g/mol. The van der Waals surface area contributed by atoms with Gasteiger partial charge in [-0.1, -0.05) is 26.0 Å². The van der Waals surface area contributed by atoms with Crippen LogP contribution in [0.3, 0.4) is 0 Å². The van der Waals surface area contributed by atoms with Gasteiger partial charge in [0.2, 0.25) is 0 Å². The lowest BCUT2D eigenvalue weighted by atomic mass is 9.99. The summed E-state index contributed by atoms with van der Waals surface area (Å²) >= 11 is 0. The second-order valence-corrected chi connectivity index (χ2v) is 10.4. The van der Waals surface area contributed by atoms with Gasteiger partial charge >= 0.3 is 6.03 Å². The maximum absolute atomic E-state index is 13.6. The predicted octanol–water partition coefficient (Wildman–Crippen LogP) is 3.58. The molecular formula is C20H29FN2O3S. The van der Waals surface area contributed by atoms with Crippen LogP contribution >= 0.6 is 0 Å². The molecule has 0 bridgehead atoms. The molecule has 2 fully saturated rings. The molecule has 1 atom stereocenters. The molecule has 7 heteroatoms. The van der Waals surface area contributed by atoms with Gasteiger partial charge in [-0.15, -0.1) is 0 Å². The Balaban J connectivity index is 1.77. The zero-order valence-electron chi connectivity index (χ0n) is 16.3. The highest BCUT2D eigenvalue weighted by Gasteiger charge is 2.47. The number of carbonyl (C=O) groups is 1. The van der Waals surface area contributed by atoms with E-state index >= 15 is 0 Å². The molecule has 3 rings (SSSR count). The van der Waals surface area contributed by atoms with Gasteiger partial charge in [-0.25, -0.2) is 17.6 Å². The van der Waals surface area contributed by atoms with Crippen molar-refractivity contribution in [2.75, 3.05) is 18.8 Å². The molecule has 2 aliphatic rings. The first kappa shape index (κ1) is 20.1. The molecule has 1 aliphatic carbocycles. The summed E-state index contributed by atoms with van der Waals surface area (Å²) in [5, 5.41) is 3.09. The van der Waals surface area contributed by atoms with Crippen LogP contribution < -0.4 is 5.32 Å². The molecule has 1 aliphatic heterocycles. The zero-order valence-corrected chi connectivity index (χ0v) is 17.1. The van der Waals surface area contributed by atoms with Crippen molar-refractivity contribution < 1.29 is 17.6 Å². The number of amides is 2. The van der Waals surface area contributed by atoms with E-state index in [-0.39, 0.29) is 36.7 Å². The average Bonchev–Trinajstić information content (AvgIpc) is 3.47. The topological polar surface area (TPSA) is 66.5 Å². The summed E-state index contributed by atoms with van der Waals surface area (Å²) < 4.78 is 37.9. The number of nitrogens with one attached hydrogen (secondary N) is 1. The number of hydrogen-bond acceptors (Lipinski definition) is 3. The molecule has 0 aromatic heterocycles. The van der Waals surface area contributed by atoms with Gasteiger partial charge in [0, 0.05) is 13.1 Å². The van der Waals surface area contributed by atoms with Crippen molar-refractivity contribution in [3.63, 3.8) is 0 Å². The zero-order chi connectivity index (χ0) is 19.8. The number of aryl methyl sites for hydroxylation is 1. The molecule has 5 nitrogen and oxygen atoms in total. The van der Waals surface area contributed by atoms with E-state index in [0.29, 0.717) is 24.3 Å². The summed E-state index contributed by atoms with van der Waals surface area (Å²) in [6.07, 6.45) is 3.06. The van der Waals surface area contributed by atoms with Gasteiger partial charge in [0.15, 0.2) is 9.84 Å². The molecule has 0 spiro atoms. The summed E-state index contributed by atoms with van der Waals surface area (Å²) in [6.45, 7) is 5.91. The largest absolute Gasteiger partial charge is 0.331 e. The van der Waals surface area contributed by atoms with Gasteiger partial charge in [-0.05, 0) is 55.7 Å². The third-order valence-electron chi connectivity index (χ3n) is 6.26. The van der Waals surface area contributed by atoms with Crippen LogP contribution in [0.4, 0.5) is 9.18 Å². The number of halogens is 1. The van der Waals surface area contributed by atoms with Crippen LogP contribution in [0.2, 0.25) is 0 Å². The molecule has 1 N–H and O–H groups in total. The molecule has 1 saturated carbocycles. The summed E-state index contributed by atoms with van der Waals surface area (Å²) in [5.74, 6) is 0.109. The second kappa shape index (κ2) is 7.41. The van der Waals surface area contributed by atoms with E-state index in [1.165, 1.54) is 6.07 Å². The van der Waals surface area contributed by atoms with Crippen molar-refractivity contribution in [2.45, 2.75) is 57.2 Å². The number of urea groups is 1. The lowest BCUT2D eigenvalue weighted by Gasteiger charge is -2.41. The first-order valence-electron chi connectivity index (χ1n) is 9.77. The summed E-state index contributed by atoms with van der Waals surface area (Å²) in [7, 11) is -3.21. The molecular weight excluding hydrogens is 367 g/mol. The smallest absolute Gasteiger partial charge is 0.317 e. The van der Waals surface area contributed by atoms with E-state index in [0.717, 1.165) is 18.4 Å². The number of nitrogens with zero attached hydrogens (tertiary/aromatic N) is 1. The maximum Gasteiger partial charge on any atom is 0.317 e. The van der Waals surface area contributed by atoms with Gasteiger partial charge in [0.05, 0.1) is 16.5 Å². The van der Waals surface area contributed by atoms with Crippen molar-refractivity contribution in [2.24, 2.45) is 5.92 Å². The molecule has 1 heterocycles. The first-order chi connectivity index (χ1) is 12.7. The highest BCUT2D eigenvalue weighted by Crippen LogP contribution is 2.41. The minimum Gasteiger partial charge on any atom is -0.331 e. The maximum atomic E-state index is 13.6. The number of benzene rings is 1. The van der Waals surface area contributed by atoms with E-state index in [9.17, 15) is 17.6 Å². The Kier molecular flexibility index (Phi) is 5.52. The van der Waals surface area contributed by atoms with Crippen molar-refractivity contribution >= 4 is 15.9 Å². The van der Waals surface area contributed by atoms with Crippen molar-refractivity contribution in [3.8, 4) is 0 Å². The van der Waals surface area contributed by atoms with Crippen molar-refractivity contribution in [1.82, 2.24) is 10.2 Å². The van der Waals surface area contributed by atoms with Crippen LogP contribution in [0.15, 0.2) is 18.2 Å². The van der Waals surface area contributed by atoms with Gasteiger partial charge in [-0.3, -0.25) is 0 Å². The molecule has 1 aromatic carbocycles. The number of hydrogen-bond donors (Lipinski definition) is 1. The molecule has 1 aromatic rings. The van der Waals surface area contributed by atoms with Crippen molar-refractivity contribution in [3.05, 3.63) is 35.1 Å². The van der Waals surface area contributed by atoms with Crippen LogP contribution in [0.1, 0.15) is 56.7 Å². The first-order valence-corrected chi connectivity index (χ1v) is 11.4.